The molecule has 34 heavy (non-hydrogen) atoms. The first-order valence-corrected chi connectivity index (χ1v) is 11.5. The van der Waals surface area contributed by atoms with Gasteiger partial charge in [0.1, 0.15) is 18.1 Å². The molecule has 1 atom stereocenters. The fraction of sp³-hybridized carbons (Fsp3) is 0.360. The molecule has 0 amide bonds. The summed E-state index contributed by atoms with van der Waals surface area (Å²) < 4.78 is 19.0. The molecule has 2 saturated heterocycles. The number of benzene rings is 1. The van der Waals surface area contributed by atoms with Crippen molar-refractivity contribution >= 4 is 17.5 Å². The number of anilines is 3. The van der Waals surface area contributed by atoms with Crippen molar-refractivity contribution in [3.05, 3.63) is 59.9 Å². The topological polar surface area (TPSA) is 90.2 Å². The number of morpholine rings is 1. The van der Waals surface area contributed by atoms with Gasteiger partial charge in [-0.1, -0.05) is 12.1 Å². The maximum atomic E-state index is 13.6. The molecule has 0 spiro atoms. The standard InChI is InChI=1S/C25H26FN7O/c26-21-6-8-33(17-21)24-19(14-27)13-20(15-29-24)23-5-7-28-25(31-23)30-22-3-1-18(2-4-22)16-32-9-11-34-12-10-32/h1-5,7,13,15,21H,6,8-12,16-17H2,(H,28,30,31). The first kappa shape index (κ1) is 22.2. The Balaban J connectivity index is 1.28. The maximum Gasteiger partial charge on any atom is 0.227 e. The number of pyridine rings is 1. The molecule has 0 aliphatic carbocycles. The average Bonchev–Trinajstić information content (AvgIpc) is 3.31. The largest absolute Gasteiger partial charge is 0.379 e. The number of nitrogens with zero attached hydrogens (tertiary/aromatic N) is 6. The van der Waals surface area contributed by atoms with E-state index in [-0.39, 0.29) is 6.54 Å². The van der Waals surface area contributed by atoms with Gasteiger partial charge in [0.25, 0.3) is 0 Å². The maximum absolute atomic E-state index is 13.6. The van der Waals surface area contributed by atoms with Gasteiger partial charge in [0.05, 0.1) is 31.0 Å². The second-order valence-electron chi connectivity index (χ2n) is 8.51. The second-order valence-corrected chi connectivity index (χ2v) is 8.51. The molecular weight excluding hydrogens is 433 g/mol. The van der Waals surface area contributed by atoms with Crippen molar-refractivity contribution in [1.29, 1.82) is 5.26 Å². The smallest absolute Gasteiger partial charge is 0.227 e. The van der Waals surface area contributed by atoms with E-state index >= 15 is 0 Å². The van der Waals surface area contributed by atoms with Crippen molar-refractivity contribution in [2.75, 3.05) is 49.6 Å². The number of ether oxygens (including phenoxy) is 1. The first-order valence-electron chi connectivity index (χ1n) is 11.5. The van der Waals surface area contributed by atoms with Gasteiger partial charge in [0, 0.05) is 49.8 Å². The van der Waals surface area contributed by atoms with Crippen LogP contribution >= 0.6 is 0 Å². The lowest BCUT2D eigenvalue weighted by Crippen LogP contribution is -2.35. The molecule has 1 N–H and O–H groups in total. The Morgan fingerprint density at radius 2 is 1.94 bits per heavy atom. The first-order chi connectivity index (χ1) is 16.7. The molecule has 2 aliphatic rings. The van der Waals surface area contributed by atoms with E-state index in [1.165, 1.54) is 5.56 Å². The minimum absolute atomic E-state index is 0.272. The van der Waals surface area contributed by atoms with E-state index in [0.717, 1.165) is 38.5 Å². The van der Waals surface area contributed by atoms with E-state index < -0.39 is 6.17 Å². The van der Waals surface area contributed by atoms with Crippen LogP contribution in [-0.2, 0) is 11.3 Å². The van der Waals surface area contributed by atoms with Crippen LogP contribution in [0.2, 0.25) is 0 Å². The molecular formula is C25H26FN7O. The molecule has 2 aliphatic heterocycles. The van der Waals surface area contributed by atoms with Crippen molar-refractivity contribution in [1.82, 2.24) is 19.9 Å². The Morgan fingerprint density at radius 1 is 1.12 bits per heavy atom. The summed E-state index contributed by atoms with van der Waals surface area (Å²) >= 11 is 0. The van der Waals surface area contributed by atoms with Crippen LogP contribution in [0.3, 0.4) is 0 Å². The second kappa shape index (κ2) is 10.1. The Hall–Kier alpha value is -3.61. The number of rotatable bonds is 6. The van der Waals surface area contributed by atoms with Crippen molar-refractivity contribution in [3.8, 4) is 17.3 Å². The third kappa shape index (κ3) is 5.14. The van der Waals surface area contributed by atoms with E-state index in [9.17, 15) is 9.65 Å². The monoisotopic (exact) mass is 459 g/mol. The number of nitriles is 1. The number of aromatic nitrogens is 3. The fourth-order valence-electron chi connectivity index (χ4n) is 4.26. The van der Waals surface area contributed by atoms with Gasteiger partial charge in [-0.2, -0.15) is 5.26 Å². The van der Waals surface area contributed by atoms with Crippen molar-refractivity contribution in [2.24, 2.45) is 0 Å². The van der Waals surface area contributed by atoms with E-state index in [0.29, 0.717) is 41.6 Å². The lowest BCUT2D eigenvalue weighted by Gasteiger charge is -2.26. The lowest BCUT2D eigenvalue weighted by molar-refractivity contribution is 0.0342. The van der Waals surface area contributed by atoms with Gasteiger partial charge >= 0.3 is 0 Å². The van der Waals surface area contributed by atoms with Crippen molar-refractivity contribution < 1.29 is 9.13 Å². The predicted octanol–water partition coefficient (Wildman–Crippen LogP) is 3.53. The molecule has 5 rings (SSSR count). The highest BCUT2D eigenvalue weighted by molar-refractivity contribution is 5.67. The van der Waals surface area contributed by atoms with Crippen LogP contribution in [0.1, 0.15) is 17.5 Å². The minimum atomic E-state index is -0.878. The van der Waals surface area contributed by atoms with Crippen LogP contribution in [-0.4, -0.2) is 65.4 Å². The minimum Gasteiger partial charge on any atom is -0.379 e. The quantitative estimate of drug-likeness (QED) is 0.599. The van der Waals surface area contributed by atoms with Crippen LogP contribution in [0, 0.1) is 11.3 Å². The van der Waals surface area contributed by atoms with Gasteiger partial charge in [-0.3, -0.25) is 4.90 Å². The van der Waals surface area contributed by atoms with Gasteiger partial charge in [-0.25, -0.2) is 19.3 Å². The number of hydrogen-bond donors (Lipinski definition) is 1. The molecule has 1 unspecified atom stereocenters. The summed E-state index contributed by atoms with van der Waals surface area (Å²) in [5.74, 6) is 0.983. The Kier molecular flexibility index (Phi) is 6.60. The molecule has 0 bridgehead atoms. The van der Waals surface area contributed by atoms with Gasteiger partial charge in [0.2, 0.25) is 5.95 Å². The van der Waals surface area contributed by atoms with Crippen LogP contribution < -0.4 is 10.2 Å². The molecule has 0 radical (unpaired) electrons. The van der Waals surface area contributed by atoms with E-state index in [1.54, 1.807) is 24.5 Å². The average molecular weight is 460 g/mol. The summed E-state index contributed by atoms with van der Waals surface area (Å²) in [6.07, 6.45) is 2.93. The molecule has 8 nitrogen and oxygen atoms in total. The van der Waals surface area contributed by atoms with Crippen LogP contribution in [0.4, 0.5) is 21.8 Å². The predicted molar refractivity (Wildman–Crippen MR) is 128 cm³/mol. The third-order valence-corrected chi connectivity index (χ3v) is 6.09. The highest BCUT2D eigenvalue weighted by atomic mass is 19.1. The van der Waals surface area contributed by atoms with E-state index in [2.05, 4.69) is 43.4 Å². The normalized spacial score (nSPS) is 18.6. The van der Waals surface area contributed by atoms with E-state index in [1.807, 2.05) is 17.0 Å². The summed E-state index contributed by atoms with van der Waals surface area (Å²) in [6, 6.07) is 14.0. The zero-order valence-corrected chi connectivity index (χ0v) is 18.8. The van der Waals surface area contributed by atoms with Gasteiger partial charge < -0.3 is 15.0 Å². The molecule has 4 heterocycles. The molecule has 2 aromatic heterocycles. The van der Waals surface area contributed by atoms with E-state index in [4.69, 9.17) is 4.74 Å². The Morgan fingerprint density at radius 3 is 2.68 bits per heavy atom. The number of halogens is 1. The molecule has 0 saturated carbocycles. The lowest BCUT2D eigenvalue weighted by atomic mass is 10.1. The highest BCUT2D eigenvalue weighted by Gasteiger charge is 2.25. The fourth-order valence-corrected chi connectivity index (χ4v) is 4.26. The molecule has 174 valence electrons. The third-order valence-electron chi connectivity index (χ3n) is 6.09. The molecule has 3 aromatic rings. The molecule has 1 aromatic carbocycles. The summed E-state index contributed by atoms with van der Waals surface area (Å²) in [4.78, 5) is 17.6. The van der Waals surface area contributed by atoms with Gasteiger partial charge in [-0.05, 0) is 36.2 Å². The van der Waals surface area contributed by atoms with Crippen molar-refractivity contribution in [2.45, 2.75) is 19.1 Å². The van der Waals surface area contributed by atoms with Crippen LogP contribution in [0.5, 0.6) is 0 Å². The summed E-state index contributed by atoms with van der Waals surface area (Å²) in [5.41, 5.74) is 3.92. The summed E-state index contributed by atoms with van der Waals surface area (Å²) in [6.45, 7) is 5.23. The highest BCUT2D eigenvalue weighted by Crippen LogP contribution is 2.27. The Bertz CT molecular complexity index is 1170. The number of alkyl halides is 1. The van der Waals surface area contributed by atoms with Crippen LogP contribution in [0.15, 0.2) is 48.8 Å². The zero-order chi connectivity index (χ0) is 23.3. The van der Waals surface area contributed by atoms with Gasteiger partial charge in [-0.15, -0.1) is 0 Å². The SMILES string of the molecule is N#Cc1cc(-c2ccnc(Nc3ccc(CN4CCOCC4)cc3)n2)cnc1N1CCC(F)C1. The number of nitrogens with one attached hydrogen (secondary N) is 1. The molecule has 2 fully saturated rings. The zero-order valence-electron chi connectivity index (χ0n) is 18.8. The summed E-state index contributed by atoms with van der Waals surface area (Å²) in [5, 5.41) is 12.9. The van der Waals surface area contributed by atoms with Gasteiger partial charge in [0.15, 0.2) is 0 Å². The molecule has 9 heteroatoms. The van der Waals surface area contributed by atoms with Crippen molar-refractivity contribution in [3.63, 3.8) is 0 Å². The number of hydrogen-bond acceptors (Lipinski definition) is 8. The van der Waals surface area contributed by atoms with Crippen LogP contribution in [0.25, 0.3) is 11.3 Å². The Labute approximate surface area is 198 Å². The summed E-state index contributed by atoms with van der Waals surface area (Å²) in [7, 11) is 0.